The normalized spacial score (nSPS) is 11.5. The Labute approximate surface area is 173 Å². The van der Waals surface area contributed by atoms with Gasteiger partial charge in [0.05, 0.1) is 6.21 Å². The lowest BCUT2D eigenvalue weighted by atomic mass is 10.1. The van der Waals surface area contributed by atoms with Crippen molar-refractivity contribution in [2.24, 2.45) is 12.1 Å². The van der Waals surface area contributed by atoms with Gasteiger partial charge in [-0.3, -0.25) is 4.79 Å². The first kappa shape index (κ1) is 17.9. The number of hydrazone groups is 1. The van der Waals surface area contributed by atoms with Gasteiger partial charge in [-0.1, -0.05) is 24.3 Å². The summed E-state index contributed by atoms with van der Waals surface area (Å²) in [5.41, 5.74) is 7.47. The average Bonchev–Trinajstić information content (AvgIpc) is 3.42. The molecule has 0 aliphatic rings. The lowest BCUT2D eigenvalue weighted by Crippen LogP contribution is -2.17. The molecule has 0 saturated carbocycles. The van der Waals surface area contributed by atoms with E-state index in [1.165, 1.54) is 21.8 Å². The number of amides is 1. The minimum Gasteiger partial charge on any atom is -0.344 e. The Morgan fingerprint density at radius 1 is 0.867 bits per heavy atom. The van der Waals surface area contributed by atoms with Crippen molar-refractivity contribution in [2.75, 3.05) is 0 Å². The summed E-state index contributed by atoms with van der Waals surface area (Å²) in [5, 5.41) is 6.52. The van der Waals surface area contributed by atoms with E-state index in [4.69, 9.17) is 0 Å². The van der Waals surface area contributed by atoms with Gasteiger partial charge in [0.15, 0.2) is 0 Å². The van der Waals surface area contributed by atoms with E-state index in [-0.39, 0.29) is 5.91 Å². The molecule has 0 saturated heterocycles. The van der Waals surface area contributed by atoms with Crippen LogP contribution in [-0.4, -0.2) is 21.3 Å². The minimum atomic E-state index is -0.239. The van der Waals surface area contributed by atoms with Gasteiger partial charge in [0.25, 0.3) is 5.91 Å². The summed E-state index contributed by atoms with van der Waals surface area (Å²) in [4.78, 5) is 12.4. The molecule has 0 aliphatic carbocycles. The fourth-order valence-corrected chi connectivity index (χ4v) is 3.79. The maximum absolute atomic E-state index is 12.4. The SMILES string of the molecule is Cn1c2ccccc2c2cc(/C=N/NC(=O)c3ccc(-n4cccc4)cc3)ccc21. The zero-order valence-electron chi connectivity index (χ0n) is 16.5. The molecular weight excluding hydrogens is 372 g/mol. The third-order valence-corrected chi connectivity index (χ3v) is 5.35. The summed E-state index contributed by atoms with van der Waals surface area (Å²) in [6.45, 7) is 0. The van der Waals surface area contributed by atoms with Gasteiger partial charge in [0.2, 0.25) is 0 Å². The van der Waals surface area contributed by atoms with Crippen LogP contribution in [0.3, 0.4) is 0 Å². The van der Waals surface area contributed by atoms with Crippen LogP contribution in [0.25, 0.3) is 27.5 Å². The molecule has 2 heterocycles. The van der Waals surface area contributed by atoms with Crippen molar-refractivity contribution in [1.29, 1.82) is 0 Å². The lowest BCUT2D eigenvalue weighted by molar-refractivity contribution is 0.0955. The van der Waals surface area contributed by atoms with Gasteiger partial charge in [-0.05, 0) is 60.2 Å². The maximum Gasteiger partial charge on any atom is 0.271 e. The van der Waals surface area contributed by atoms with Crippen molar-refractivity contribution >= 4 is 33.9 Å². The molecule has 5 heteroatoms. The van der Waals surface area contributed by atoms with E-state index in [2.05, 4.69) is 46.4 Å². The summed E-state index contributed by atoms with van der Waals surface area (Å²) >= 11 is 0. The number of benzene rings is 3. The van der Waals surface area contributed by atoms with E-state index < -0.39 is 0 Å². The first-order valence-electron chi connectivity index (χ1n) is 9.75. The van der Waals surface area contributed by atoms with Gasteiger partial charge in [-0.25, -0.2) is 5.43 Å². The van der Waals surface area contributed by atoms with Crippen LogP contribution in [0, 0.1) is 0 Å². The standard InChI is InChI=1S/C25H20N4O/c1-28-23-7-3-2-6-21(23)22-16-18(8-13-24(22)28)17-26-27-25(30)19-9-11-20(12-10-19)29-14-4-5-15-29/h2-17H,1H3,(H,27,30)/b26-17+. The molecular formula is C25H20N4O. The average molecular weight is 392 g/mol. The fraction of sp³-hybridized carbons (Fsp3) is 0.0400. The Morgan fingerprint density at radius 3 is 2.40 bits per heavy atom. The second-order valence-electron chi connectivity index (χ2n) is 7.19. The molecule has 0 fully saturated rings. The Balaban J connectivity index is 1.33. The highest BCUT2D eigenvalue weighted by Gasteiger charge is 2.08. The van der Waals surface area contributed by atoms with Crippen molar-refractivity contribution in [3.8, 4) is 5.69 Å². The predicted molar refractivity (Wildman–Crippen MR) is 121 cm³/mol. The van der Waals surface area contributed by atoms with E-state index in [0.29, 0.717) is 5.56 Å². The van der Waals surface area contributed by atoms with Crippen LogP contribution >= 0.6 is 0 Å². The van der Waals surface area contributed by atoms with Gasteiger partial charge in [-0.2, -0.15) is 5.10 Å². The molecule has 0 aliphatic heterocycles. The molecule has 0 radical (unpaired) electrons. The third-order valence-electron chi connectivity index (χ3n) is 5.35. The lowest BCUT2D eigenvalue weighted by Gasteiger charge is -2.04. The highest BCUT2D eigenvalue weighted by Crippen LogP contribution is 2.28. The largest absolute Gasteiger partial charge is 0.344 e. The van der Waals surface area contributed by atoms with Crippen LogP contribution < -0.4 is 5.43 Å². The molecule has 0 unspecified atom stereocenters. The number of carbonyl (C=O) groups excluding carboxylic acids is 1. The third kappa shape index (κ3) is 3.16. The van der Waals surface area contributed by atoms with Crippen LogP contribution in [0.5, 0.6) is 0 Å². The molecule has 146 valence electrons. The first-order valence-corrected chi connectivity index (χ1v) is 9.75. The van der Waals surface area contributed by atoms with Gasteiger partial charge < -0.3 is 9.13 Å². The van der Waals surface area contributed by atoms with Crippen LogP contribution in [0.1, 0.15) is 15.9 Å². The molecule has 5 aromatic rings. The number of para-hydroxylation sites is 1. The van der Waals surface area contributed by atoms with Crippen LogP contribution in [-0.2, 0) is 7.05 Å². The molecule has 5 rings (SSSR count). The van der Waals surface area contributed by atoms with E-state index in [9.17, 15) is 4.79 Å². The van der Waals surface area contributed by atoms with Crippen LogP contribution in [0.15, 0.2) is 96.4 Å². The van der Waals surface area contributed by atoms with Gasteiger partial charge in [0.1, 0.15) is 0 Å². The number of nitrogens with one attached hydrogen (secondary N) is 1. The number of aryl methyl sites for hydroxylation is 1. The molecule has 0 bridgehead atoms. The van der Waals surface area contributed by atoms with Crippen LogP contribution in [0.2, 0.25) is 0 Å². The highest BCUT2D eigenvalue weighted by molar-refractivity contribution is 6.09. The quantitative estimate of drug-likeness (QED) is 0.344. The van der Waals surface area contributed by atoms with Gasteiger partial charge >= 0.3 is 0 Å². The molecule has 1 N–H and O–H groups in total. The van der Waals surface area contributed by atoms with E-state index in [1.807, 2.05) is 59.4 Å². The predicted octanol–water partition coefficient (Wildman–Crippen LogP) is 4.89. The molecule has 0 spiro atoms. The summed E-state index contributed by atoms with van der Waals surface area (Å²) in [5.74, 6) is -0.239. The number of fused-ring (bicyclic) bond motifs is 3. The summed E-state index contributed by atoms with van der Waals surface area (Å²) in [6.07, 6.45) is 5.60. The molecule has 3 aromatic carbocycles. The highest BCUT2D eigenvalue weighted by atomic mass is 16.2. The summed E-state index contributed by atoms with van der Waals surface area (Å²) < 4.78 is 4.17. The van der Waals surface area contributed by atoms with Crippen molar-refractivity contribution < 1.29 is 4.79 Å². The van der Waals surface area contributed by atoms with E-state index in [0.717, 1.165) is 11.3 Å². The topological polar surface area (TPSA) is 51.3 Å². The number of rotatable bonds is 4. The summed E-state index contributed by atoms with van der Waals surface area (Å²) in [7, 11) is 2.07. The minimum absolute atomic E-state index is 0.239. The number of hydrogen-bond acceptors (Lipinski definition) is 2. The van der Waals surface area contributed by atoms with Crippen molar-refractivity contribution in [1.82, 2.24) is 14.6 Å². The Hall–Kier alpha value is -4.12. The monoisotopic (exact) mass is 392 g/mol. The van der Waals surface area contributed by atoms with Crippen molar-refractivity contribution in [2.45, 2.75) is 0 Å². The smallest absolute Gasteiger partial charge is 0.271 e. The number of carbonyl (C=O) groups is 1. The van der Waals surface area contributed by atoms with E-state index in [1.54, 1.807) is 18.3 Å². The molecule has 1 amide bonds. The molecule has 0 atom stereocenters. The number of aromatic nitrogens is 2. The van der Waals surface area contributed by atoms with Gasteiger partial charge in [0, 0.05) is 52.5 Å². The number of hydrogen-bond donors (Lipinski definition) is 1. The summed E-state index contributed by atoms with van der Waals surface area (Å²) in [6, 6.07) is 25.8. The molecule has 5 nitrogen and oxygen atoms in total. The van der Waals surface area contributed by atoms with Crippen LogP contribution in [0.4, 0.5) is 0 Å². The zero-order chi connectivity index (χ0) is 20.5. The maximum atomic E-state index is 12.4. The second-order valence-corrected chi connectivity index (χ2v) is 7.19. The molecule has 30 heavy (non-hydrogen) atoms. The Bertz CT molecular complexity index is 1380. The van der Waals surface area contributed by atoms with Gasteiger partial charge in [-0.15, -0.1) is 0 Å². The fourth-order valence-electron chi connectivity index (χ4n) is 3.79. The van der Waals surface area contributed by atoms with Crippen molar-refractivity contribution in [3.63, 3.8) is 0 Å². The zero-order valence-corrected chi connectivity index (χ0v) is 16.5. The Morgan fingerprint density at radius 2 is 1.60 bits per heavy atom. The van der Waals surface area contributed by atoms with E-state index >= 15 is 0 Å². The number of nitrogens with zero attached hydrogens (tertiary/aromatic N) is 3. The second kappa shape index (κ2) is 7.37. The Kier molecular flexibility index (Phi) is 4.41. The first-order chi connectivity index (χ1) is 14.7. The molecule has 2 aromatic heterocycles. The van der Waals surface area contributed by atoms with Crippen molar-refractivity contribution in [3.05, 3.63) is 102 Å².